The molecule has 3 N–H and O–H groups in total. The van der Waals surface area contributed by atoms with Crippen molar-refractivity contribution in [1.29, 1.82) is 0 Å². The van der Waals surface area contributed by atoms with E-state index in [0.717, 1.165) is 11.0 Å². The average Bonchev–Trinajstić information content (AvgIpc) is 2.75. The van der Waals surface area contributed by atoms with Crippen LogP contribution in [0.15, 0.2) is 60.0 Å². The Balaban J connectivity index is 1.93. The number of carbonyl (C=O) groups is 2. The Kier molecular flexibility index (Phi) is 8.77. The van der Waals surface area contributed by atoms with Gasteiger partial charge in [0.25, 0.3) is 5.91 Å². The molecule has 0 heterocycles. The molecule has 9 heteroatoms. The van der Waals surface area contributed by atoms with E-state index in [1.54, 1.807) is 69.5 Å². The van der Waals surface area contributed by atoms with E-state index in [1.807, 2.05) is 6.07 Å². The molecule has 1 unspecified atom stereocenters. The maximum atomic E-state index is 12.5. The van der Waals surface area contributed by atoms with Gasteiger partial charge in [-0.25, -0.2) is 8.42 Å². The van der Waals surface area contributed by atoms with Crippen LogP contribution in [0, 0.1) is 5.92 Å². The summed E-state index contributed by atoms with van der Waals surface area (Å²) in [6.45, 7) is 3.40. The summed E-state index contributed by atoms with van der Waals surface area (Å²) in [4.78, 5) is 24.6. The summed E-state index contributed by atoms with van der Waals surface area (Å²) in [5, 5.41) is 1.01. The predicted octanol–water partition coefficient (Wildman–Crippen LogP) is 2.00. The SMILES string of the molecule is COc1ccc(CC(=O)NNC(=O)C(NS(=O)(=O)/C=C/c2ccccc2)C(C)C)cc1. The van der Waals surface area contributed by atoms with Gasteiger partial charge in [0.15, 0.2) is 0 Å². The number of rotatable bonds is 9. The second-order valence-electron chi connectivity index (χ2n) is 7.16. The normalized spacial score (nSPS) is 12.5. The number of ether oxygens (including phenoxy) is 1. The summed E-state index contributed by atoms with van der Waals surface area (Å²) < 4.78 is 32.2. The van der Waals surface area contributed by atoms with Crippen LogP contribution in [0.2, 0.25) is 0 Å². The van der Waals surface area contributed by atoms with Crippen LogP contribution in [0.5, 0.6) is 5.75 Å². The fourth-order valence-electron chi connectivity index (χ4n) is 2.62. The number of hydrazine groups is 1. The zero-order chi connectivity index (χ0) is 22.9. The van der Waals surface area contributed by atoms with Gasteiger partial charge in [0, 0.05) is 5.41 Å². The van der Waals surface area contributed by atoms with Gasteiger partial charge in [-0.1, -0.05) is 56.3 Å². The minimum atomic E-state index is -3.88. The van der Waals surface area contributed by atoms with Gasteiger partial charge < -0.3 is 4.74 Å². The third-order valence-corrected chi connectivity index (χ3v) is 5.41. The van der Waals surface area contributed by atoms with Crippen molar-refractivity contribution in [2.75, 3.05) is 7.11 Å². The fourth-order valence-corrected chi connectivity index (χ4v) is 3.77. The zero-order valence-corrected chi connectivity index (χ0v) is 18.5. The second-order valence-corrected chi connectivity index (χ2v) is 8.76. The fraction of sp³-hybridized carbons (Fsp3) is 0.273. The van der Waals surface area contributed by atoms with Crippen LogP contribution in [0.1, 0.15) is 25.0 Å². The van der Waals surface area contributed by atoms with Gasteiger partial charge >= 0.3 is 0 Å². The molecule has 0 aliphatic heterocycles. The van der Waals surface area contributed by atoms with Gasteiger partial charge in [0.05, 0.1) is 13.5 Å². The average molecular weight is 446 g/mol. The number of amides is 2. The number of hydrogen-bond acceptors (Lipinski definition) is 5. The molecule has 2 amide bonds. The predicted molar refractivity (Wildman–Crippen MR) is 119 cm³/mol. The molecule has 2 aromatic rings. The molecule has 8 nitrogen and oxygen atoms in total. The molecular formula is C22H27N3O5S. The molecule has 0 saturated carbocycles. The monoisotopic (exact) mass is 445 g/mol. The first kappa shape index (κ1) is 24.1. The third kappa shape index (κ3) is 8.23. The first-order valence-corrected chi connectivity index (χ1v) is 11.2. The van der Waals surface area contributed by atoms with E-state index in [2.05, 4.69) is 15.6 Å². The standard InChI is InChI=1S/C22H27N3O5S/c1-16(2)21(25-31(28,29)14-13-17-7-5-4-6-8-17)22(27)24-23-20(26)15-18-9-11-19(30-3)12-10-18/h4-14,16,21,25H,15H2,1-3H3,(H,23,26)(H,24,27)/b14-13+. The Morgan fingerprint density at radius 1 is 1.00 bits per heavy atom. The van der Waals surface area contributed by atoms with Gasteiger partial charge in [-0.3, -0.25) is 20.4 Å². The Hall–Kier alpha value is -3.17. The van der Waals surface area contributed by atoms with Crippen molar-refractivity contribution in [2.24, 2.45) is 5.92 Å². The highest BCUT2D eigenvalue weighted by molar-refractivity contribution is 7.92. The number of methoxy groups -OCH3 is 1. The Labute approximate surface area is 182 Å². The Morgan fingerprint density at radius 3 is 2.23 bits per heavy atom. The minimum absolute atomic E-state index is 0.0438. The lowest BCUT2D eigenvalue weighted by Crippen LogP contribution is -2.54. The topological polar surface area (TPSA) is 114 Å². The van der Waals surface area contributed by atoms with Gasteiger partial charge in [0.1, 0.15) is 11.8 Å². The first-order chi connectivity index (χ1) is 14.7. The first-order valence-electron chi connectivity index (χ1n) is 9.67. The highest BCUT2D eigenvalue weighted by atomic mass is 32.2. The molecule has 31 heavy (non-hydrogen) atoms. The van der Waals surface area contributed by atoms with Crippen molar-refractivity contribution < 1.29 is 22.7 Å². The van der Waals surface area contributed by atoms with E-state index in [-0.39, 0.29) is 12.3 Å². The van der Waals surface area contributed by atoms with Crippen molar-refractivity contribution in [3.05, 3.63) is 71.1 Å². The minimum Gasteiger partial charge on any atom is -0.497 e. The van der Waals surface area contributed by atoms with Gasteiger partial charge in [-0.05, 0) is 35.3 Å². The van der Waals surface area contributed by atoms with E-state index in [4.69, 9.17) is 4.74 Å². The molecule has 0 spiro atoms. The number of sulfonamides is 1. The van der Waals surface area contributed by atoms with Crippen LogP contribution in [-0.4, -0.2) is 33.4 Å². The summed E-state index contributed by atoms with van der Waals surface area (Å²) in [5.41, 5.74) is 6.05. The number of carbonyl (C=O) groups excluding carboxylic acids is 2. The molecule has 2 rings (SSSR count). The highest BCUT2D eigenvalue weighted by Gasteiger charge is 2.26. The Morgan fingerprint density at radius 2 is 1.65 bits per heavy atom. The molecule has 0 radical (unpaired) electrons. The van der Waals surface area contributed by atoms with Gasteiger partial charge in [-0.15, -0.1) is 0 Å². The summed E-state index contributed by atoms with van der Waals surface area (Å²) in [6.07, 6.45) is 1.48. The van der Waals surface area contributed by atoms with Crippen molar-refractivity contribution in [2.45, 2.75) is 26.3 Å². The van der Waals surface area contributed by atoms with Crippen LogP contribution in [0.25, 0.3) is 6.08 Å². The van der Waals surface area contributed by atoms with E-state index < -0.39 is 27.9 Å². The van der Waals surface area contributed by atoms with Crippen molar-refractivity contribution >= 4 is 27.9 Å². The quantitative estimate of drug-likeness (QED) is 0.511. The summed E-state index contributed by atoms with van der Waals surface area (Å²) in [6, 6.07) is 14.8. The number of nitrogens with one attached hydrogen (secondary N) is 3. The van der Waals surface area contributed by atoms with Crippen LogP contribution >= 0.6 is 0 Å². The highest BCUT2D eigenvalue weighted by Crippen LogP contribution is 2.11. The van der Waals surface area contributed by atoms with Crippen LogP contribution in [-0.2, 0) is 26.0 Å². The molecule has 1 atom stereocenters. The van der Waals surface area contributed by atoms with Gasteiger partial charge in [0.2, 0.25) is 15.9 Å². The van der Waals surface area contributed by atoms with E-state index >= 15 is 0 Å². The molecule has 0 bridgehead atoms. The second kappa shape index (κ2) is 11.3. The smallest absolute Gasteiger partial charge is 0.256 e. The largest absolute Gasteiger partial charge is 0.497 e. The maximum absolute atomic E-state index is 12.5. The summed E-state index contributed by atoms with van der Waals surface area (Å²) >= 11 is 0. The lowest BCUT2D eigenvalue weighted by atomic mass is 10.1. The van der Waals surface area contributed by atoms with Gasteiger partial charge in [-0.2, -0.15) is 4.72 Å². The molecule has 166 valence electrons. The van der Waals surface area contributed by atoms with E-state index in [0.29, 0.717) is 11.3 Å². The molecule has 0 saturated heterocycles. The summed E-state index contributed by atoms with van der Waals surface area (Å²) in [7, 11) is -2.33. The van der Waals surface area contributed by atoms with Crippen molar-refractivity contribution in [3.8, 4) is 5.75 Å². The molecule has 0 aliphatic rings. The molecular weight excluding hydrogens is 418 g/mol. The van der Waals surface area contributed by atoms with Crippen LogP contribution in [0.4, 0.5) is 0 Å². The van der Waals surface area contributed by atoms with E-state index in [9.17, 15) is 18.0 Å². The molecule has 0 fully saturated rings. The lowest BCUT2D eigenvalue weighted by Gasteiger charge is -2.20. The number of hydrogen-bond donors (Lipinski definition) is 3. The zero-order valence-electron chi connectivity index (χ0n) is 17.7. The Bertz CT molecular complexity index is 1000. The van der Waals surface area contributed by atoms with Crippen molar-refractivity contribution in [3.63, 3.8) is 0 Å². The third-order valence-electron chi connectivity index (χ3n) is 4.33. The van der Waals surface area contributed by atoms with Crippen molar-refractivity contribution in [1.82, 2.24) is 15.6 Å². The maximum Gasteiger partial charge on any atom is 0.256 e. The summed E-state index contributed by atoms with van der Waals surface area (Å²) in [5.74, 6) is -0.771. The van der Waals surface area contributed by atoms with Crippen LogP contribution < -0.4 is 20.3 Å². The molecule has 0 aliphatic carbocycles. The lowest BCUT2D eigenvalue weighted by molar-refractivity contribution is -0.130. The van der Waals surface area contributed by atoms with E-state index in [1.165, 1.54) is 6.08 Å². The molecule has 0 aromatic heterocycles. The number of benzene rings is 2. The molecule has 2 aromatic carbocycles. The van der Waals surface area contributed by atoms with Crippen LogP contribution in [0.3, 0.4) is 0 Å².